The van der Waals surface area contributed by atoms with Gasteiger partial charge in [0.2, 0.25) is 0 Å². The van der Waals surface area contributed by atoms with Crippen LogP contribution in [0, 0.1) is 11.7 Å². The van der Waals surface area contributed by atoms with Gasteiger partial charge in [-0.25, -0.2) is 4.39 Å². The smallest absolute Gasteiger partial charge is 0.274 e. The summed E-state index contributed by atoms with van der Waals surface area (Å²) in [5, 5.41) is 8.48. The van der Waals surface area contributed by atoms with Crippen LogP contribution >= 0.6 is 0 Å². The van der Waals surface area contributed by atoms with E-state index in [1.165, 1.54) is 12.1 Å². The van der Waals surface area contributed by atoms with Gasteiger partial charge in [-0.1, -0.05) is 12.1 Å². The van der Waals surface area contributed by atoms with Crippen molar-refractivity contribution < 1.29 is 18.7 Å². The molecular formula is C24H25FN4O3. The van der Waals surface area contributed by atoms with Crippen LogP contribution in [0.2, 0.25) is 0 Å². The van der Waals surface area contributed by atoms with Gasteiger partial charge in [0, 0.05) is 30.8 Å². The maximum absolute atomic E-state index is 13.9. The monoisotopic (exact) mass is 436 g/mol. The predicted octanol–water partition coefficient (Wildman–Crippen LogP) is 3.83. The van der Waals surface area contributed by atoms with E-state index in [1.54, 1.807) is 4.68 Å². The first-order valence-electron chi connectivity index (χ1n) is 11.0. The first-order valence-corrected chi connectivity index (χ1v) is 11.0. The van der Waals surface area contributed by atoms with Crippen molar-refractivity contribution in [1.29, 1.82) is 0 Å². The van der Waals surface area contributed by atoms with E-state index in [0.717, 1.165) is 48.2 Å². The van der Waals surface area contributed by atoms with Crippen molar-refractivity contribution in [1.82, 2.24) is 9.78 Å². The molecule has 166 valence electrons. The standard InChI is InChI=1S/C24H25FN4O3/c25-19-7-6-16(12-18(19)23(26)30)27-24(31)22-21-17(15-4-5-15)2-1-3-20(21)28-29(22)13-14-8-10-32-11-9-14/h1-3,6-7,12,14-15H,4-5,8-11,13H2,(H2,26,30)(H,27,31). The molecule has 0 bridgehead atoms. The Hall–Kier alpha value is -3.26. The highest BCUT2D eigenvalue weighted by molar-refractivity contribution is 6.12. The highest BCUT2D eigenvalue weighted by atomic mass is 19.1. The SMILES string of the molecule is NC(=O)c1cc(NC(=O)c2c3c(C4CC4)cccc3nn2CC2CCOCC2)ccc1F. The third-order valence-corrected chi connectivity index (χ3v) is 6.29. The zero-order valence-electron chi connectivity index (χ0n) is 17.6. The molecule has 8 heteroatoms. The van der Waals surface area contributed by atoms with Gasteiger partial charge < -0.3 is 15.8 Å². The highest BCUT2D eigenvalue weighted by Gasteiger charge is 2.30. The van der Waals surface area contributed by atoms with E-state index in [9.17, 15) is 14.0 Å². The number of nitrogens with two attached hydrogens (primary N) is 1. The molecule has 2 aliphatic rings. The van der Waals surface area contributed by atoms with Gasteiger partial charge in [-0.15, -0.1) is 0 Å². The number of amides is 2. The number of benzene rings is 2. The summed E-state index contributed by atoms with van der Waals surface area (Å²) in [6.07, 6.45) is 4.05. The Morgan fingerprint density at radius 3 is 2.66 bits per heavy atom. The molecule has 0 atom stereocenters. The second-order valence-corrected chi connectivity index (χ2v) is 8.62. The number of rotatable bonds is 6. The number of fused-ring (bicyclic) bond motifs is 1. The number of nitrogens with one attached hydrogen (secondary N) is 1. The van der Waals surface area contributed by atoms with Crippen LogP contribution in [0.25, 0.3) is 10.9 Å². The number of nitrogens with zero attached hydrogens (tertiary/aromatic N) is 2. The minimum atomic E-state index is -0.885. The number of carbonyl (C=O) groups is 2. The molecule has 0 spiro atoms. The summed E-state index contributed by atoms with van der Waals surface area (Å²) in [5.74, 6) is -1.12. The van der Waals surface area contributed by atoms with Crippen molar-refractivity contribution >= 4 is 28.4 Å². The maximum Gasteiger partial charge on any atom is 0.274 e. The van der Waals surface area contributed by atoms with Crippen LogP contribution in [0.3, 0.4) is 0 Å². The Morgan fingerprint density at radius 1 is 1.16 bits per heavy atom. The number of halogens is 1. The van der Waals surface area contributed by atoms with Crippen LogP contribution in [0.15, 0.2) is 36.4 Å². The molecule has 2 heterocycles. The van der Waals surface area contributed by atoms with Gasteiger partial charge in [-0.05, 0) is 67.3 Å². The first-order chi connectivity index (χ1) is 15.5. The van der Waals surface area contributed by atoms with Gasteiger partial charge in [-0.2, -0.15) is 5.10 Å². The second-order valence-electron chi connectivity index (χ2n) is 8.62. The van der Waals surface area contributed by atoms with Crippen LogP contribution in [0.1, 0.15) is 58.0 Å². The van der Waals surface area contributed by atoms with Crippen molar-refractivity contribution in [2.45, 2.75) is 38.1 Å². The lowest BCUT2D eigenvalue weighted by molar-refractivity contribution is 0.0598. The summed E-state index contributed by atoms with van der Waals surface area (Å²) in [4.78, 5) is 25.0. The number of ether oxygens (including phenoxy) is 1. The summed E-state index contributed by atoms with van der Waals surface area (Å²) in [6, 6.07) is 9.80. The van der Waals surface area contributed by atoms with E-state index in [4.69, 9.17) is 15.6 Å². The van der Waals surface area contributed by atoms with E-state index in [1.807, 2.05) is 12.1 Å². The first kappa shape index (κ1) is 20.6. The molecule has 2 fully saturated rings. The fourth-order valence-corrected chi connectivity index (χ4v) is 4.46. The maximum atomic E-state index is 13.9. The fraction of sp³-hybridized carbons (Fsp3) is 0.375. The number of hydrogen-bond donors (Lipinski definition) is 2. The molecule has 2 aromatic carbocycles. The molecule has 1 aliphatic heterocycles. The minimum Gasteiger partial charge on any atom is -0.381 e. The summed E-state index contributed by atoms with van der Waals surface area (Å²) in [7, 11) is 0. The number of hydrogen-bond acceptors (Lipinski definition) is 4. The molecule has 1 saturated heterocycles. The van der Waals surface area contributed by atoms with E-state index in [-0.39, 0.29) is 11.5 Å². The van der Waals surface area contributed by atoms with Crippen LogP contribution in [-0.4, -0.2) is 34.8 Å². The molecule has 5 rings (SSSR count). The Kier molecular flexibility index (Phi) is 5.38. The lowest BCUT2D eigenvalue weighted by Crippen LogP contribution is -2.25. The normalized spacial score (nSPS) is 16.9. The Labute approximate surface area is 184 Å². The van der Waals surface area contributed by atoms with Crippen molar-refractivity contribution in [3.05, 3.63) is 59.0 Å². The summed E-state index contributed by atoms with van der Waals surface area (Å²) < 4.78 is 21.2. The molecule has 0 unspecified atom stereocenters. The van der Waals surface area contributed by atoms with Crippen LogP contribution < -0.4 is 11.1 Å². The largest absolute Gasteiger partial charge is 0.381 e. The average molecular weight is 436 g/mol. The van der Waals surface area contributed by atoms with E-state index >= 15 is 0 Å². The average Bonchev–Trinajstić information content (AvgIpc) is 3.56. The van der Waals surface area contributed by atoms with Crippen molar-refractivity contribution in [2.24, 2.45) is 11.7 Å². The molecule has 3 N–H and O–H groups in total. The number of anilines is 1. The summed E-state index contributed by atoms with van der Waals surface area (Å²) in [5.41, 5.74) is 7.74. The number of carbonyl (C=O) groups excluding carboxylic acids is 2. The molecule has 3 aromatic rings. The molecule has 1 saturated carbocycles. The Balaban J connectivity index is 1.54. The van der Waals surface area contributed by atoms with Crippen molar-refractivity contribution in [2.75, 3.05) is 18.5 Å². The van der Waals surface area contributed by atoms with Crippen LogP contribution in [0.4, 0.5) is 10.1 Å². The third-order valence-electron chi connectivity index (χ3n) is 6.29. The third kappa shape index (κ3) is 3.98. The molecule has 7 nitrogen and oxygen atoms in total. The molecule has 1 aliphatic carbocycles. The Bertz CT molecular complexity index is 1200. The van der Waals surface area contributed by atoms with E-state index in [2.05, 4.69) is 11.4 Å². The fourth-order valence-electron chi connectivity index (χ4n) is 4.46. The van der Waals surface area contributed by atoms with Crippen molar-refractivity contribution in [3.8, 4) is 0 Å². The number of aromatic nitrogens is 2. The number of primary amides is 1. The van der Waals surface area contributed by atoms with Gasteiger partial charge in [0.05, 0.1) is 11.1 Å². The zero-order chi connectivity index (χ0) is 22.2. The quantitative estimate of drug-likeness (QED) is 0.613. The van der Waals surface area contributed by atoms with Gasteiger partial charge in [0.15, 0.2) is 0 Å². The van der Waals surface area contributed by atoms with Gasteiger partial charge in [-0.3, -0.25) is 14.3 Å². The minimum absolute atomic E-state index is 0.262. The molecular weight excluding hydrogens is 411 g/mol. The molecule has 1 aromatic heterocycles. The second kappa shape index (κ2) is 8.35. The van der Waals surface area contributed by atoms with Crippen LogP contribution in [-0.2, 0) is 11.3 Å². The predicted molar refractivity (Wildman–Crippen MR) is 118 cm³/mol. The summed E-state index contributed by atoms with van der Waals surface area (Å²) >= 11 is 0. The lowest BCUT2D eigenvalue weighted by Gasteiger charge is -2.22. The van der Waals surface area contributed by atoms with Gasteiger partial charge in [0.25, 0.3) is 11.8 Å². The topological polar surface area (TPSA) is 99.2 Å². The molecule has 2 amide bonds. The highest BCUT2D eigenvalue weighted by Crippen LogP contribution is 2.44. The van der Waals surface area contributed by atoms with Crippen LogP contribution in [0.5, 0.6) is 0 Å². The van der Waals surface area contributed by atoms with Gasteiger partial charge in [0.1, 0.15) is 11.5 Å². The van der Waals surface area contributed by atoms with Crippen molar-refractivity contribution in [3.63, 3.8) is 0 Å². The Morgan fingerprint density at radius 2 is 1.94 bits per heavy atom. The molecule has 32 heavy (non-hydrogen) atoms. The zero-order valence-corrected chi connectivity index (χ0v) is 17.6. The lowest BCUT2D eigenvalue weighted by atomic mass is 10.00. The summed E-state index contributed by atoms with van der Waals surface area (Å²) in [6.45, 7) is 2.05. The van der Waals surface area contributed by atoms with E-state index in [0.29, 0.717) is 43.0 Å². The van der Waals surface area contributed by atoms with E-state index < -0.39 is 11.7 Å². The molecule has 0 radical (unpaired) electrons. The van der Waals surface area contributed by atoms with Gasteiger partial charge >= 0.3 is 0 Å².